The number of rotatable bonds is 3. The molecule has 0 bridgehead atoms. The average Bonchev–Trinajstić information content (AvgIpc) is 2.37. The van der Waals surface area contributed by atoms with E-state index in [0.29, 0.717) is 4.90 Å². The molecule has 3 nitrogen and oxygen atoms in total. The van der Waals surface area contributed by atoms with Crippen molar-refractivity contribution in [2.24, 2.45) is 5.73 Å². The van der Waals surface area contributed by atoms with Crippen LogP contribution in [-0.2, 0) is 0 Å². The molecule has 0 spiro atoms. The van der Waals surface area contributed by atoms with E-state index in [-0.39, 0.29) is 10.5 Å². The van der Waals surface area contributed by atoms with E-state index in [9.17, 15) is 8.78 Å². The van der Waals surface area contributed by atoms with Gasteiger partial charge in [0.1, 0.15) is 0 Å². The van der Waals surface area contributed by atoms with E-state index in [1.165, 1.54) is 6.07 Å². The van der Waals surface area contributed by atoms with E-state index in [1.807, 2.05) is 0 Å². The molecule has 3 N–H and O–H groups in total. The Kier molecular flexibility index (Phi) is 2.83. The fourth-order valence-electron chi connectivity index (χ4n) is 0.791. The van der Waals surface area contributed by atoms with Crippen LogP contribution in [0.1, 0.15) is 0 Å². The number of nitrogens with two attached hydrogens (primary N) is 1. The molecule has 66 valence electrons. The molecule has 1 heterocycles. The summed E-state index contributed by atoms with van der Waals surface area (Å²) in [4.78, 5) is 3.29. The number of halogens is 2. The number of aromatic amines is 1. The molecule has 0 aliphatic heterocycles. The maximum atomic E-state index is 12.3. The fourth-order valence-corrected chi connectivity index (χ4v) is 1.16. The van der Waals surface area contributed by atoms with E-state index in [1.54, 1.807) is 12.3 Å². The molecule has 12 heavy (non-hydrogen) atoms. The molecule has 0 aliphatic carbocycles. The molecule has 0 atom stereocenters. The molecule has 1 aromatic heterocycles. The van der Waals surface area contributed by atoms with Gasteiger partial charge >= 0.3 is 75.3 Å². The van der Waals surface area contributed by atoms with Crippen LogP contribution in [0.25, 0.3) is 0 Å². The summed E-state index contributed by atoms with van der Waals surface area (Å²) < 4.78 is 24.5. The van der Waals surface area contributed by atoms with Gasteiger partial charge in [-0.05, 0) is 0 Å². The standard InChI is InChI=1S/C6H7F2N3Se/c7-5(8)11(6(9)12)4-2-1-3-10-4/h1-3,5,10H,(H2,9,12). The zero-order valence-electron chi connectivity index (χ0n) is 6.00. The summed E-state index contributed by atoms with van der Waals surface area (Å²) in [7, 11) is 0. The van der Waals surface area contributed by atoms with Crippen molar-refractivity contribution in [2.75, 3.05) is 4.90 Å². The molecule has 0 fully saturated rings. The Balaban J connectivity index is 2.88. The molecule has 0 aromatic carbocycles. The van der Waals surface area contributed by atoms with Crippen molar-refractivity contribution in [1.29, 1.82) is 0 Å². The van der Waals surface area contributed by atoms with Gasteiger partial charge in [-0.15, -0.1) is 0 Å². The Morgan fingerprint density at radius 3 is 2.67 bits per heavy atom. The minimum atomic E-state index is -2.65. The van der Waals surface area contributed by atoms with Crippen molar-refractivity contribution in [1.82, 2.24) is 4.98 Å². The second-order valence-electron chi connectivity index (χ2n) is 2.04. The Bertz CT molecular complexity index is 260. The second kappa shape index (κ2) is 3.69. The Labute approximate surface area is 75.9 Å². The molecule has 1 aromatic rings. The third-order valence-corrected chi connectivity index (χ3v) is 1.69. The third-order valence-electron chi connectivity index (χ3n) is 1.27. The number of aromatic nitrogens is 1. The number of alkyl halides is 2. The SMILES string of the molecule is NC(=[Se])N(c1ccc[nH]1)C(F)F. The molecular formula is C6H7F2N3Se. The molecule has 0 radical (unpaired) electrons. The molecule has 0 unspecified atom stereocenters. The van der Waals surface area contributed by atoms with Gasteiger partial charge in [0.15, 0.2) is 0 Å². The molecule has 0 amide bonds. The van der Waals surface area contributed by atoms with Crippen LogP contribution in [0, 0.1) is 0 Å². The molecule has 6 heteroatoms. The number of nitrogens with one attached hydrogen (secondary N) is 1. The van der Waals surface area contributed by atoms with Crippen LogP contribution in [0.2, 0.25) is 0 Å². The van der Waals surface area contributed by atoms with E-state index in [2.05, 4.69) is 20.6 Å². The maximum absolute atomic E-state index is 12.3. The van der Waals surface area contributed by atoms with Crippen LogP contribution in [0.15, 0.2) is 18.3 Å². The van der Waals surface area contributed by atoms with Gasteiger partial charge in [-0.2, -0.15) is 0 Å². The third kappa shape index (κ3) is 1.84. The first-order valence-electron chi connectivity index (χ1n) is 3.13. The Morgan fingerprint density at radius 2 is 2.33 bits per heavy atom. The van der Waals surface area contributed by atoms with Crippen molar-refractivity contribution in [2.45, 2.75) is 6.55 Å². The van der Waals surface area contributed by atoms with E-state index in [0.717, 1.165) is 0 Å². The van der Waals surface area contributed by atoms with Crippen LogP contribution >= 0.6 is 0 Å². The van der Waals surface area contributed by atoms with Gasteiger partial charge in [0.2, 0.25) is 0 Å². The number of hydrogen-bond donors (Lipinski definition) is 2. The summed E-state index contributed by atoms with van der Waals surface area (Å²) >= 11 is 2.33. The normalized spacial score (nSPS) is 10.2. The van der Waals surface area contributed by atoms with Crippen LogP contribution < -0.4 is 10.6 Å². The molecule has 0 aliphatic rings. The van der Waals surface area contributed by atoms with Crippen LogP contribution in [-0.4, -0.2) is 31.8 Å². The summed E-state index contributed by atoms with van der Waals surface area (Å²) in [5.74, 6) is 0.265. The van der Waals surface area contributed by atoms with E-state index >= 15 is 0 Å². The van der Waals surface area contributed by atoms with Gasteiger partial charge in [-0.3, -0.25) is 0 Å². The van der Waals surface area contributed by atoms with E-state index < -0.39 is 6.55 Å². The molecule has 1 rings (SSSR count). The zero-order chi connectivity index (χ0) is 9.14. The number of anilines is 1. The summed E-state index contributed by atoms with van der Waals surface area (Å²) in [6.07, 6.45) is 1.55. The van der Waals surface area contributed by atoms with Crippen LogP contribution in [0.5, 0.6) is 0 Å². The molecule has 0 saturated heterocycles. The van der Waals surface area contributed by atoms with E-state index in [4.69, 9.17) is 5.73 Å². The van der Waals surface area contributed by atoms with Crippen molar-refractivity contribution >= 4 is 26.1 Å². The summed E-state index contributed by atoms with van der Waals surface area (Å²) in [6, 6.07) is 3.13. The number of hydrogen-bond acceptors (Lipinski definition) is 2. The first kappa shape index (κ1) is 9.22. The Morgan fingerprint density at radius 1 is 1.67 bits per heavy atom. The van der Waals surface area contributed by atoms with Gasteiger partial charge in [-0.25, -0.2) is 0 Å². The fraction of sp³-hybridized carbons (Fsp3) is 0.167. The predicted molar refractivity (Wildman–Crippen MR) is 44.2 cm³/mol. The van der Waals surface area contributed by atoms with Crippen molar-refractivity contribution in [3.05, 3.63) is 18.3 Å². The average molecular weight is 238 g/mol. The number of nitrogens with zero attached hydrogens (tertiary/aromatic N) is 1. The first-order chi connectivity index (χ1) is 5.63. The van der Waals surface area contributed by atoms with Crippen molar-refractivity contribution < 1.29 is 8.78 Å². The second-order valence-corrected chi connectivity index (χ2v) is 2.92. The van der Waals surface area contributed by atoms with Crippen LogP contribution in [0.3, 0.4) is 0 Å². The van der Waals surface area contributed by atoms with Crippen LogP contribution in [0.4, 0.5) is 14.6 Å². The van der Waals surface area contributed by atoms with Gasteiger partial charge < -0.3 is 0 Å². The minimum absolute atomic E-state index is 0.0625. The predicted octanol–water partition coefficient (Wildman–Crippen LogP) is 0.258. The zero-order valence-corrected chi connectivity index (χ0v) is 7.71. The summed E-state index contributed by atoms with van der Waals surface area (Å²) in [5, 5.41) is 0. The number of H-pyrrole nitrogens is 1. The summed E-state index contributed by atoms with van der Waals surface area (Å²) in [6.45, 7) is -2.65. The topological polar surface area (TPSA) is 45.0 Å². The first-order valence-corrected chi connectivity index (χ1v) is 3.99. The summed E-state index contributed by atoms with van der Waals surface area (Å²) in [5.41, 5.74) is 5.22. The molecule has 0 saturated carbocycles. The Hall–Kier alpha value is -0.871. The van der Waals surface area contributed by atoms with Gasteiger partial charge in [0.05, 0.1) is 0 Å². The van der Waals surface area contributed by atoms with Crippen molar-refractivity contribution in [3.8, 4) is 0 Å². The quantitative estimate of drug-likeness (QED) is 0.586. The van der Waals surface area contributed by atoms with Gasteiger partial charge in [-0.1, -0.05) is 0 Å². The van der Waals surface area contributed by atoms with Crippen molar-refractivity contribution in [3.63, 3.8) is 0 Å². The van der Waals surface area contributed by atoms with Gasteiger partial charge in [0.25, 0.3) is 0 Å². The monoisotopic (exact) mass is 239 g/mol. The van der Waals surface area contributed by atoms with Gasteiger partial charge in [0, 0.05) is 0 Å². The molecular weight excluding hydrogens is 231 g/mol.